The summed E-state index contributed by atoms with van der Waals surface area (Å²) in [7, 11) is -2.90. The summed E-state index contributed by atoms with van der Waals surface area (Å²) < 4.78 is 37.4. The molecule has 0 aromatic heterocycles. The molecule has 1 saturated heterocycles. The second kappa shape index (κ2) is 17.3. The fourth-order valence-electron chi connectivity index (χ4n) is 10.5. The first kappa shape index (κ1) is 49.9. The molecule has 4 aliphatic rings. The van der Waals surface area contributed by atoms with Crippen LogP contribution in [0.25, 0.3) is 0 Å². The monoisotopic (exact) mass is 921 g/mol. The average Bonchev–Trinajstić information content (AvgIpc) is 3.20. The summed E-state index contributed by atoms with van der Waals surface area (Å²) in [6.45, 7) is 22.1. The molecule has 0 spiro atoms. The van der Waals surface area contributed by atoms with Crippen LogP contribution in [-0.4, -0.2) is 108 Å². The van der Waals surface area contributed by atoms with Crippen LogP contribution in [0, 0.1) is 28.6 Å². The average molecular weight is 922 g/mol. The zero-order valence-corrected chi connectivity index (χ0v) is 40.9. The van der Waals surface area contributed by atoms with Gasteiger partial charge in [-0.3, -0.25) is 14.4 Å². The van der Waals surface area contributed by atoms with E-state index in [1.165, 1.54) is 26.0 Å². The minimum atomic E-state index is -2.90. The Hall–Kier alpha value is -4.48. The second-order valence-electron chi connectivity index (χ2n) is 21.7. The number of nitrogens with one attached hydrogen (secondary N) is 1. The molecule has 1 amide bonds. The number of alkyl carbamates (subject to hydrolysis) is 1. The predicted octanol–water partition coefficient (Wildman–Crippen LogP) is 6.43. The number of esters is 3. The van der Waals surface area contributed by atoms with Crippen LogP contribution in [0.15, 0.2) is 60.7 Å². The zero-order valence-electron chi connectivity index (χ0n) is 39.9. The minimum Gasteiger partial charge on any atom is -0.460 e. The largest absolute Gasteiger partial charge is 0.460 e. The number of ketones is 2. The number of ether oxygens (including phenoxy) is 5. The smallest absolute Gasteiger partial charge is 0.408 e. The van der Waals surface area contributed by atoms with Crippen LogP contribution in [0.1, 0.15) is 111 Å². The zero-order chi connectivity index (χ0) is 48.5. The van der Waals surface area contributed by atoms with Gasteiger partial charge in [0.2, 0.25) is 11.6 Å². The van der Waals surface area contributed by atoms with Gasteiger partial charge in [0.1, 0.15) is 29.5 Å². The van der Waals surface area contributed by atoms with E-state index in [-0.39, 0.29) is 18.6 Å². The maximum absolute atomic E-state index is 15.2. The number of benzene rings is 2. The van der Waals surface area contributed by atoms with Crippen molar-refractivity contribution in [2.75, 3.05) is 6.61 Å². The highest BCUT2D eigenvalue weighted by Crippen LogP contribution is 2.64. The Morgan fingerprint density at radius 2 is 1.49 bits per heavy atom. The van der Waals surface area contributed by atoms with Crippen LogP contribution in [0.5, 0.6) is 0 Å². The normalized spacial score (nSPS) is 33.0. The molecule has 356 valence electrons. The Morgan fingerprint density at radius 3 is 2.02 bits per heavy atom. The van der Waals surface area contributed by atoms with Crippen molar-refractivity contribution in [3.63, 3.8) is 0 Å². The summed E-state index contributed by atoms with van der Waals surface area (Å²) in [5.74, 6) is -8.44. The quantitative estimate of drug-likeness (QED) is 0.102. The Morgan fingerprint density at radius 1 is 0.908 bits per heavy atom. The molecule has 3 unspecified atom stereocenters. The van der Waals surface area contributed by atoms with Crippen molar-refractivity contribution in [2.24, 2.45) is 28.6 Å². The van der Waals surface area contributed by atoms with Gasteiger partial charge in [0.15, 0.2) is 20.0 Å². The van der Waals surface area contributed by atoms with Gasteiger partial charge < -0.3 is 43.6 Å². The van der Waals surface area contributed by atoms with Gasteiger partial charge >= 0.3 is 24.0 Å². The summed E-state index contributed by atoms with van der Waals surface area (Å²) in [6, 6.07) is 15.5. The first-order valence-electron chi connectivity index (χ1n) is 22.4. The molecule has 12 atom stereocenters. The van der Waals surface area contributed by atoms with Crippen LogP contribution in [0.3, 0.4) is 0 Å². The lowest BCUT2D eigenvalue weighted by Gasteiger charge is -2.67. The Balaban J connectivity index is 1.53. The van der Waals surface area contributed by atoms with Crippen molar-refractivity contribution in [3.05, 3.63) is 71.8 Å². The number of carbonyl (C=O) groups is 6. The van der Waals surface area contributed by atoms with E-state index in [0.29, 0.717) is 5.56 Å². The number of rotatable bonds is 10. The van der Waals surface area contributed by atoms with Gasteiger partial charge in [0.05, 0.1) is 35.6 Å². The molecule has 6 rings (SSSR count). The van der Waals surface area contributed by atoms with E-state index >= 15 is 14.4 Å². The molecule has 0 radical (unpaired) electrons. The highest BCUT2D eigenvalue weighted by atomic mass is 28.4. The van der Waals surface area contributed by atoms with Gasteiger partial charge in [-0.25, -0.2) is 14.4 Å². The van der Waals surface area contributed by atoms with E-state index in [0.717, 1.165) is 0 Å². The third-order valence-corrected chi connectivity index (χ3v) is 19.5. The molecule has 1 heterocycles. The molecule has 4 fully saturated rings. The SMILES string of the molecule is CC(=O)O[C@@]12CO[C@@H]1C[C@H](O)[C@@]1(C)C(=O)C(=O)C3C(C)[C@@H](OC(=O)[C@H](O[Si](C)(C)C(C)(C)C)[C@@H](NC(=O)OC(C)(C)C)c4ccccc4)C[C@@](O)([C@@H](OC(=O)c4ccccc4)C12)C3(C)C. The maximum atomic E-state index is 15.2. The first-order valence-corrected chi connectivity index (χ1v) is 25.3. The third kappa shape index (κ3) is 8.81. The summed E-state index contributed by atoms with van der Waals surface area (Å²) in [6.07, 6.45) is -8.68. The Labute approximate surface area is 382 Å². The van der Waals surface area contributed by atoms with Gasteiger partial charge in [-0.05, 0) is 63.5 Å². The molecule has 1 aliphatic heterocycles. The standard InChI is InChI=1S/C49H67NO14Si/c1-27-31(60-42(56)37(64-65(12,13)45(6,7)8)35(29-20-16-14-17-21-29)50-43(57)63-44(3,4)5)25-49(58)40(61-41(55)30-22-18-15-19-23-30)38-47(11,39(54)36(53)34(27)46(49,9)10)32(52)24-33-48(38,26-59-33)62-28(2)51/h14-23,27,31-35,37-38,40,52,58H,24-26H2,1-13H3,(H,50,57)/t27?,31-,32-,33+,34?,35-,37+,38?,40-,47+,48-,49+/m0/s1. The maximum Gasteiger partial charge on any atom is 0.408 e. The van der Waals surface area contributed by atoms with Crippen molar-refractivity contribution < 1.29 is 67.1 Å². The number of hydrogen-bond acceptors (Lipinski definition) is 14. The highest BCUT2D eigenvalue weighted by molar-refractivity contribution is 6.74. The molecular weight excluding hydrogens is 855 g/mol. The van der Waals surface area contributed by atoms with Crippen LogP contribution in [-0.2, 0) is 47.3 Å². The summed E-state index contributed by atoms with van der Waals surface area (Å²) in [5, 5.41) is 28.2. The lowest BCUT2D eigenvalue weighted by molar-refractivity contribution is -0.350. The summed E-state index contributed by atoms with van der Waals surface area (Å²) in [5.41, 5.74) is -8.06. The fraction of sp³-hybridized carbons (Fsp3) is 0.633. The molecule has 16 heteroatoms. The van der Waals surface area contributed by atoms with E-state index in [4.69, 9.17) is 28.1 Å². The van der Waals surface area contributed by atoms with Gasteiger partial charge in [-0.2, -0.15) is 0 Å². The van der Waals surface area contributed by atoms with Crippen LogP contribution < -0.4 is 5.32 Å². The molecule has 15 nitrogen and oxygen atoms in total. The number of carbonyl (C=O) groups excluding carboxylic acids is 6. The van der Waals surface area contributed by atoms with Gasteiger partial charge in [-0.1, -0.05) is 90.1 Å². The lowest BCUT2D eigenvalue weighted by atomic mass is 9.42. The van der Waals surface area contributed by atoms with E-state index in [2.05, 4.69) is 5.32 Å². The topological polar surface area (TPSA) is 210 Å². The first-order chi connectivity index (χ1) is 29.9. The highest BCUT2D eigenvalue weighted by Gasteiger charge is 2.79. The molecule has 3 aliphatic carbocycles. The fourth-order valence-corrected chi connectivity index (χ4v) is 11.7. The molecule has 65 heavy (non-hydrogen) atoms. The molecule has 3 saturated carbocycles. The lowest BCUT2D eigenvalue weighted by Crippen LogP contribution is -2.82. The van der Waals surface area contributed by atoms with Crippen molar-refractivity contribution in [2.45, 2.75) is 160 Å². The van der Waals surface area contributed by atoms with Crippen LogP contribution >= 0.6 is 0 Å². The van der Waals surface area contributed by atoms with E-state index in [1.807, 2.05) is 33.9 Å². The van der Waals surface area contributed by atoms with Crippen molar-refractivity contribution in [1.29, 1.82) is 0 Å². The van der Waals surface area contributed by atoms with Crippen molar-refractivity contribution in [1.82, 2.24) is 5.32 Å². The third-order valence-electron chi connectivity index (χ3n) is 15.1. The predicted molar refractivity (Wildman–Crippen MR) is 239 cm³/mol. The molecule has 3 N–H and O–H groups in total. The number of Topliss-reactive ketones (excluding diaryl/α,β-unsaturated/α-hetero) is 2. The number of hydrogen-bond donors (Lipinski definition) is 3. The van der Waals surface area contributed by atoms with E-state index in [9.17, 15) is 24.6 Å². The number of amides is 1. The van der Waals surface area contributed by atoms with Crippen molar-refractivity contribution >= 4 is 43.9 Å². The van der Waals surface area contributed by atoms with E-state index < -0.39 is 137 Å². The summed E-state index contributed by atoms with van der Waals surface area (Å²) in [4.78, 5) is 86.4. The Kier molecular flexibility index (Phi) is 13.3. The Bertz CT molecular complexity index is 2170. The molecule has 2 aromatic rings. The molecular formula is C49H67NO14Si. The number of fused-ring (bicyclic) bond motifs is 5. The van der Waals surface area contributed by atoms with Gasteiger partial charge in [0.25, 0.3) is 0 Å². The van der Waals surface area contributed by atoms with Crippen LogP contribution in [0.4, 0.5) is 4.79 Å². The second-order valence-corrected chi connectivity index (χ2v) is 26.5. The van der Waals surface area contributed by atoms with Gasteiger partial charge in [-0.15, -0.1) is 0 Å². The van der Waals surface area contributed by atoms with Crippen LogP contribution in [0.2, 0.25) is 18.1 Å². The minimum absolute atomic E-state index is 0.0955. The number of aliphatic hydroxyl groups excluding tert-OH is 1. The molecule has 2 bridgehead atoms. The van der Waals surface area contributed by atoms with Gasteiger partial charge in [0, 0.05) is 37.0 Å². The van der Waals surface area contributed by atoms with E-state index in [1.54, 1.807) is 90.1 Å². The number of aliphatic hydroxyl groups is 2. The molecule has 2 aromatic carbocycles. The summed E-state index contributed by atoms with van der Waals surface area (Å²) >= 11 is 0. The van der Waals surface area contributed by atoms with Crippen molar-refractivity contribution in [3.8, 4) is 0 Å².